The molecule has 0 aliphatic rings. The average molecular weight is 216 g/mol. The van der Waals surface area contributed by atoms with Gasteiger partial charge in [0.15, 0.2) is 5.65 Å². The third-order valence-electron chi connectivity index (χ3n) is 2.12. The predicted octanol–water partition coefficient (Wildman–Crippen LogP) is 0.724. The van der Waals surface area contributed by atoms with Crippen molar-refractivity contribution in [2.45, 2.75) is 6.54 Å². The molecule has 0 atom stereocenters. The Hall–Kier alpha value is -2.44. The first-order valence-electron chi connectivity index (χ1n) is 4.72. The summed E-state index contributed by atoms with van der Waals surface area (Å²) in [6.45, 7) is 0.650. The van der Waals surface area contributed by atoms with Gasteiger partial charge in [-0.3, -0.25) is 0 Å². The highest BCUT2D eigenvalue weighted by atomic mass is 16.3. The lowest BCUT2D eigenvalue weighted by Gasteiger charge is -2.02. The van der Waals surface area contributed by atoms with Crippen molar-refractivity contribution in [3.05, 3.63) is 36.3 Å². The molecule has 0 spiro atoms. The van der Waals surface area contributed by atoms with Gasteiger partial charge in [-0.1, -0.05) is 0 Å². The number of tetrazole rings is 1. The summed E-state index contributed by atoms with van der Waals surface area (Å²) in [6.07, 6.45) is 3.32. The van der Waals surface area contributed by atoms with Gasteiger partial charge < -0.3 is 9.73 Å². The van der Waals surface area contributed by atoms with Crippen LogP contribution in [0.3, 0.4) is 0 Å². The first-order valence-corrected chi connectivity index (χ1v) is 4.72. The number of furan rings is 1. The molecule has 7 nitrogen and oxygen atoms in total. The maximum atomic E-state index is 4.96. The van der Waals surface area contributed by atoms with E-state index in [9.17, 15) is 0 Å². The molecule has 0 fully saturated rings. The van der Waals surface area contributed by atoms with E-state index in [1.54, 1.807) is 18.6 Å². The number of rotatable bonds is 3. The van der Waals surface area contributed by atoms with E-state index in [1.165, 1.54) is 4.63 Å². The van der Waals surface area contributed by atoms with E-state index in [2.05, 4.69) is 25.9 Å². The Bertz CT molecular complexity index is 587. The lowest BCUT2D eigenvalue weighted by molar-refractivity contribution is 0.564. The molecule has 1 N–H and O–H groups in total. The van der Waals surface area contributed by atoms with Crippen LogP contribution >= 0.6 is 0 Å². The number of nitrogens with zero attached hydrogens (tertiary/aromatic N) is 5. The van der Waals surface area contributed by atoms with Crippen molar-refractivity contribution in [2.75, 3.05) is 5.32 Å². The smallest absolute Gasteiger partial charge is 0.200 e. The van der Waals surface area contributed by atoms with Crippen LogP contribution in [0.15, 0.2) is 35.1 Å². The highest BCUT2D eigenvalue weighted by Crippen LogP contribution is 2.06. The second-order valence-electron chi connectivity index (χ2n) is 3.23. The van der Waals surface area contributed by atoms with Crippen molar-refractivity contribution in [1.82, 2.24) is 25.3 Å². The molecule has 3 rings (SSSR count). The second-order valence-corrected chi connectivity index (χ2v) is 3.23. The Morgan fingerprint density at radius 3 is 3.19 bits per heavy atom. The zero-order valence-electron chi connectivity index (χ0n) is 8.24. The Morgan fingerprint density at radius 2 is 2.31 bits per heavy atom. The molecule has 0 unspecified atom stereocenters. The van der Waals surface area contributed by atoms with Crippen molar-refractivity contribution < 1.29 is 4.42 Å². The molecule has 7 heteroatoms. The van der Waals surface area contributed by atoms with Gasteiger partial charge in [0.05, 0.1) is 12.5 Å². The van der Waals surface area contributed by atoms with Gasteiger partial charge in [-0.05, 0) is 28.6 Å². The van der Waals surface area contributed by atoms with Gasteiger partial charge in [0.2, 0.25) is 0 Å². The number of hydrogen-bond acceptors (Lipinski definition) is 6. The molecule has 0 saturated carbocycles. The zero-order chi connectivity index (χ0) is 10.8. The highest BCUT2D eigenvalue weighted by Gasteiger charge is 2.00. The van der Waals surface area contributed by atoms with E-state index in [0.717, 1.165) is 5.56 Å². The molecule has 80 valence electrons. The quantitative estimate of drug-likeness (QED) is 0.694. The number of nitrogens with one attached hydrogen (secondary N) is 1. The summed E-state index contributed by atoms with van der Waals surface area (Å²) in [5, 5.41) is 18.3. The van der Waals surface area contributed by atoms with Crippen LogP contribution in [0.25, 0.3) is 5.65 Å². The van der Waals surface area contributed by atoms with Crippen molar-refractivity contribution in [3.63, 3.8) is 0 Å². The Labute approximate surface area is 90.1 Å². The molecule has 3 heterocycles. The summed E-state index contributed by atoms with van der Waals surface area (Å²) < 4.78 is 6.34. The molecular weight excluding hydrogens is 208 g/mol. The summed E-state index contributed by atoms with van der Waals surface area (Å²) in [4.78, 5) is 0. The fraction of sp³-hybridized carbons (Fsp3) is 0.111. The van der Waals surface area contributed by atoms with E-state index < -0.39 is 0 Å². The fourth-order valence-corrected chi connectivity index (χ4v) is 1.33. The molecule has 16 heavy (non-hydrogen) atoms. The molecule has 0 amide bonds. The minimum Gasteiger partial charge on any atom is -0.472 e. The third-order valence-corrected chi connectivity index (χ3v) is 2.12. The minimum absolute atomic E-state index is 0.619. The van der Waals surface area contributed by atoms with Gasteiger partial charge in [-0.25, -0.2) is 0 Å². The number of hydrogen-bond donors (Lipinski definition) is 1. The Kier molecular flexibility index (Phi) is 1.99. The Balaban J connectivity index is 1.78. The average Bonchev–Trinajstić information content (AvgIpc) is 2.97. The molecule has 0 aliphatic carbocycles. The van der Waals surface area contributed by atoms with Gasteiger partial charge in [-0.2, -0.15) is 0 Å². The molecular formula is C9H8N6O. The maximum absolute atomic E-state index is 4.96. The van der Waals surface area contributed by atoms with Crippen LogP contribution in [-0.4, -0.2) is 25.3 Å². The summed E-state index contributed by atoms with van der Waals surface area (Å²) in [5.74, 6) is 0.709. The lowest BCUT2D eigenvalue weighted by atomic mass is 10.3. The van der Waals surface area contributed by atoms with E-state index >= 15 is 0 Å². The van der Waals surface area contributed by atoms with E-state index in [-0.39, 0.29) is 0 Å². The summed E-state index contributed by atoms with van der Waals surface area (Å²) >= 11 is 0. The van der Waals surface area contributed by atoms with Crippen molar-refractivity contribution in [1.29, 1.82) is 0 Å². The first kappa shape index (κ1) is 8.84. The molecule has 3 aromatic rings. The van der Waals surface area contributed by atoms with Crippen LogP contribution in [0.5, 0.6) is 0 Å². The fourth-order valence-electron chi connectivity index (χ4n) is 1.33. The predicted molar refractivity (Wildman–Crippen MR) is 54.6 cm³/mol. The van der Waals surface area contributed by atoms with E-state index in [0.29, 0.717) is 18.0 Å². The number of aromatic nitrogens is 5. The number of fused-ring (bicyclic) bond motifs is 1. The minimum atomic E-state index is 0.619. The van der Waals surface area contributed by atoms with Crippen LogP contribution in [0.4, 0.5) is 5.82 Å². The summed E-state index contributed by atoms with van der Waals surface area (Å²) in [7, 11) is 0. The highest BCUT2D eigenvalue weighted by molar-refractivity contribution is 5.42. The maximum Gasteiger partial charge on any atom is 0.200 e. The monoisotopic (exact) mass is 216 g/mol. The van der Waals surface area contributed by atoms with Crippen LogP contribution in [0.1, 0.15) is 5.56 Å². The van der Waals surface area contributed by atoms with Gasteiger partial charge in [0.25, 0.3) is 0 Å². The summed E-state index contributed by atoms with van der Waals surface area (Å²) in [6, 6.07) is 5.51. The van der Waals surface area contributed by atoms with Crippen molar-refractivity contribution in [3.8, 4) is 0 Å². The van der Waals surface area contributed by atoms with Crippen LogP contribution in [-0.2, 0) is 6.54 Å². The van der Waals surface area contributed by atoms with Gasteiger partial charge in [0, 0.05) is 12.1 Å². The standard InChI is InChI=1S/C9H8N6O/c1-2-9-11-13-14-15(9)12-8(1)10-5-7-3-4-16-6-7/h1-4,6H,5H2,(H,10,12). The van der Waals surface area contributed by atoms with Crippen LogP contribution in [0.2, 0.25) is 0 Å². The second kappa shape index (κ2) is 3.61. The molecule has 0 radical (unpaired) electrons. The van der Waals surface area contributed by atoms with E-state index in [4.69, 9.17) is 4.42 Å². The van der Waals surface area contributed by atoms with Crippen molar-refractivity contribution >= 4 is 11.5 Å². The van der Waals surface area contributed by atoms with Gasteiger partial charge in [-0.15, -0.1) is 14.8 Å². The SMILES string of the molecule is c1cc(CNc2ccc3nnnn3n2)co1. The zero-order valence-corrected chi connectivity index (χ0v) is 8.24. The first-order chi connectivity index (χ1) is 7.92. The van der Waals surface area contributed by atoms with Crippen molar-refractivity contribution in [2.24, 2.45) is 0 Å². The van der Waals surface area contributed by atoms with Gasteiger partial charge in [0.1, 0.15) is 5.82 Å². The molecule has 3 aromatic heterocycles. The molecule has 0 aromatic carbocycles. The molecule has 0 aliphatic heterocycles. The third kappa shape index (κ3) is 1.58. The molecule has 0 bridgehead atoms. The van der Waals surface area contributed by atoms with E-state index in [1.807, 2.05) is 12.1 Å². The largest absolute Gasteiger partial charge is 0.472 e. The number of anilines is 1. The normalized spacial score (nSPS) is 10.8. The lowest BCUT2D eigenvalue weighted by Crippen LogP contribution is -2.04. The van der Waals surface area contributed by atoms with Gasteiger partial charge >= 0.3 is 0 Å². The van der Waals surface area contributed by atoms with Crippen LogP contribution < -0.4 is 5.32 Å². The summed E-state index contributed by atoms with van der Waals surface area (Å²) in [5.41, 5.74) is 1.67. The Morgan fingerprint density at radius 1 is 1.31 bits per heavy atom. The topological polar surface area (TPSA) is 81.1 Å². The molecule has 0 saturated heterocycles. The van der Waals surface area contributed by atoms with Crippen LogP contribution in [0, 0.1) is 0 Å².